The molecule has 0 amide bonds. The summed E-state index contributed by atoms with van der Waals surface area (Å²) < 4.78 is 0. The average Bonchev–Trinajstić information content (AvgIpc) is 3.28. The first-order valence-electron chi connectivity index (χ1n) is 8.20. The van der Waals surface area contributed by atoms with Crippen molar-refractivity contribution in [3.63, 3.8) is 0 Å². The summed E-state index contributed by atoms with van der Waals surface area (Å²) in [5, 5.41) is 12.8. The number of aromatic amines is 1. The normalized spacial score (nSPS) is 12.4. The van der Waals surface area contributed by atoms with Gasteiger partial charge in [-0.1, -0.05) is 43.7 Å². The molecule has 3 nitrogen and oxygen atoms in total. The van der Waals surface area contributed by atoms with Crippen LogP contribution in [0.2, 0.25) is 0 Å². The van der Waals surface area contributed by atoms with Crippen molar-refractivity contribution in [3.05, 3.63) is 75.7 Å². The van der Waals surface area contributed by atoms with Crippen LogP contribution in [0.5, 0.6) is 0 Å². The Morgan fingerprint density at radius 1 is 1.17 bits per heavy atom. The lowest BCUT2D eigenvalue weighted by Gasteiger charge is -2.18. The van der Waals surface area contributed by atoms with E-state index in [9.17, 15) is 0 Å². The Bertz CT molecular complexity index is 672. The standard InChI is InChI=1S/C19H23N3S/c1-2-3-5-15-7-9-16(10-8-15)19(18-6-4-13-23-18)20-14-17-11-12-21-22-17/h4,6-13,19-20H,2-3,5,14H2,1H3,(H,21,22). The molecule has 0 radical (unpaired) electrons. The molecule has 4 heteroatoms. The Morgan fingerprint density at radius 3 is 2.70 bits per heavy atom. The fourth-order valence-corrected chi connectivity index (χ4v) is 3.52. The molecular formula is C19H23N3S. The van der Waals surface area contributed by atoms with Crippen LogP contribution in [0, 0.1) is 0 Å². The molecule has 2 heterocycles. The van der Waals surface area contributed by atoms with Gasteiger partial charge in [-0.3, -0.25) is 10.4 Å². The van der Waals surface area contributed by atoms with Crippen molar-refractivity contribution in [2.75, 3.05) is 0 Å². The second-order valence-corrected chi connectivity index (χ2v) is 6.74. The molecule has 1 aromatic carbocycles. The molecule has 0 aliphatic heterocycles. The summed E-state index contributed by atoms with van der Waals surface area (Å²) in [4.78, 5) is 1.34. The summed E-state index contributed by atoms with van der Waals surface area (Å²) in [5.41, 5.74) is 3.84. The van der Waals surface area contributed by atoms with E-state index in [0.29, 0.717) is 0 Å². The van der Waals surface area contributed by atoms with Crippen LogP contribution >= 0.6 is 11.3 Å². The molecule has 120 valence electrons. The molecule has 0 spiro atoms. The third-order valence-corrected chi connectivity index (χ3v) is 4.95. The van der Waals surface area contributed by atoms with Crippen LogP contribution in [0.15, 0.2) is 54.0 Å². The first kappa shape index (κ1) is 16.0. The summed E-state index contributed by atoms with van der Waals surface area (Å²) in [5.74, 6) is 0. The maximum absolute atomic E-state index is 4.01. The van der Waals surface area contributed by atoms with Gasteiger partial charge in [0.05, 0.1) is 6.04 Å². The Labute approximate surface area is 141 Å². The number of hydrogen-bond donors (Lipinski definition) is 2. The molecule has 2 N–H and O–H groups in total. The number of hydrogen-bond acceptors (Lipinski definition) is 3. The second-order valence-electron chi connectivity index (χ2n) is 5.76. The molecule has 1 unspecified atom stereocenters. The molecule has 0 bridgehead atoms. The highest BCUT2D eigenvalue weighted by molar-refractivity contribution is 7.10. The molecule has 0 saturated heterocycles. The van der Waals surface area contributed by atoms with E-state index < -0.39 is 0 Å². The van der Waals surface area contributed by atoms with Crippen molar-refractivity contribution in [1.29, 1.82) is 0 Å². The Kier molecular flexibility index (Phi) is 5.61. The van der Waals surface area contributed by atoms with E-state index in [1.165, 1.54) is 35.3 Å². The van der Waals surface area contributed by atoms with Crippen molar-refractivity contribution in [2.24, 2.45) is 0 Å². The maximum Gasteiger partial charge on any atom is 0.0674 e. The minimum atomic E-state index is 0.221. The number of unbranched alkanes of at least 4 members (excludes halogenated alkanes) is 1. The van der Waals surface area contributed by atoms with E-state index in [0.717, 1.165) is 12.2 Å². The van der Waals surface area contributed by atoms with E-state index in [4.69, 9.17) is 0 Å². The number of aryl methyl sites for hydroxylation is 1. The molecule has 0 aliphatic rings. The summed E-state index contributed by atoms with van der Waals surface area (Å²) in [6.07, 6.45) is 5.46. The van der Waals surface area contributed by atoms with Gasteiger partial charge in [-0.2, -0.15) is 5.10 Å². The second kappa shape index (κ2) is 8.09. The highest BCUT2D eigenvalue weighted by Crippen LogP contribution is 2.27. The Morgan fingerprint density at radius 2 is 2.04 bits per heavy atom. The Balaban J connectivity index is 1.74. The number of thiophene rings is 1. The lowest BCUT2D eigenvalue weighted by Crippen LogP contribution is -2.21. The highest BCUT2D eigenvalue weighted by Gasteiger charge is 2.15. The molecule has 3 rings (SSSR count). The molecular weight excluding hydrogens is 302 g/mol. The summed E-state index contributed by atoms with van der Waals surface area (Å²) in [7, 11) is 0. The highest BCUT2D eigenvalue weighted by atomic mass is 32.1. The quantitative estimate of drug-likeness (QED) is 0.630. The molecule has 0 fully saturated rings. The van der Waals surface area contributed by atoms with Crippen LogP contribution in [0.1, 0.15) is 47.5 Å². The minimum Gasteiger partial charge on any atom is -0.300 e. The molecule has 2 aromatic heterocycles. The smallest absolute Gasteiger partial charge is 0.0674 e. The van der Waals surface area contributed by atoms with Crippen LogP contribution in [0.25, 0.3) is 0 Å². The van der Waals surface area contributed by atoms with Gasteiger partial charge in [-0.05, 0) is 41.5 Å². The number of nitrogens with one attached hydrogen (secondary N) is 2. The molecule has 3 aromatic rings. The lowest BCUT2D eigenvalue weighted by atomic mass is 10.0. The summed E-state index contributed by atoms with van der Waals surface area (Å²) in [6, 6.07) is 15.6. The zero-order valence-electron chi connectivity index (χ0n) is 13.5. The number of rotatable bonds is 8. The fraction of sp³-hybridized carbons (Fsp3) is 0.316. The third-order valence-electron chi connectivity index (χ3n) is 4.01. The van der Waals surface area contributed by atoms with Crippen LogP contribution in [-0.2, 0) is 13.0 Å². The fourth-order valence-electron chi connectivity index (χ4n) is 2.69. The van der Waals surface area contributed by atoms with Gasteiger partial charge in [0, 0.05) is 23.3 Å². The van der Waals surface area contributed by atoms with Gasteiger partial charge < -0.3 is 0 Å². The lowest BCUT2D eigenvalue weighted by molar-refractivity contribution is 0.603. The van der Waals surface area contributed by atoms with Crippen LogP contribution in [0.3, 0.4) is 0 Å². The predicted octanol–water partition coefficient (Wildman–Crippen LogP) is 4.69. The van der Waals surface area contributed by atoms with Crippen molar-refractivity contribution in [1.82, 2.24) is 15.5 Å². The van der Waals surface area contributed by atoms with Gasteiger partial charge in [0.15, 0.2) is 0 Å². The first-order valence-corrected chi connectivity index (χ1v) is 9.08. The van der Waals surface area contributed by atoms with E-state index >= 15 is 0 Å². The first-order chi connectivity index (χ1) is 11.4. The van der Waals surface area contributed by atoms with E-state index in [1.807, 2.05) is 6.07 Å². The van der Waals surface area contributed by atoms with Gasteiger partial charge in [0.1, 0.15) is 0 Å². The molecule has 23 heavy (non-hydrogen) atoms. The third kappa shape index (κ3) is 4.30. The van der Waals surface area contributed by atoms with Crippen LogP contribution in [-0.4, -0.2) is 10.2 Å². The molecule has 0 saturated carbocycles. The monoisotopic (exact) mass is 325 g/mol. The van der Waals surface area contributed by atoms with Crippen LogP contribution < -0.4 is 5.32 Å². The summed E-state index contributed by atoms with van der Waals surface area (Å²) in [6.45, 7) is 3.01. The van der Waals surface area contributed by atoms with E-state index in [2.05, 4.69) is 64.2 Å². The SMILES string of the molecule is CCCCc1ccc(C(NCc2ccn[nH]2)c2cccs2)cc1. The predicted molar refractivity (Wildman–Crippen MR) is 96.6 cm³/mol. The topological polar surface area (TPSA) is 40.7 Å². The average molecular weight is 325 g/mol. The van der Waals surface area contributed by atoms with Gasteiger partial charge in [-0.15, -0.1) is 11.3 Å². The van der Waals surface area contributed by atoms with Gasteiger partial charge in [-0.25, -0.2) is 0 Å². The molecule has 0 aliphatic carbocycles. The van der Waals surface area contributed by atoms with Crippen LogP contribution in [0.4, 0.5) is 0 Å². The minimum absolute atomic E-state index is 0.221. The zero-order chi connectivity index (χ0) is 15.9. The molecule has 1 atom stereocenters. The Hall–Kier alpha value is -1.91. The maximum atomic E-state index is 4.01. The number of benzene rings is 1. The van der Waals surface area contributed by atoms with Gasteiger partial charge in [0.2, 0.25) is 0 Å². The zero-order valence-corrected chi connectivity index (χ0v) is 14.3. The summed E-state index contributed by atoms with van der Waals surface area (Å²) >= 11 is 1.79. The number of nitrogens with zero attached hydrogens (tertiary/aromatic N) is 1. The van der Waals surface area contributed by atoms with Crippen molar-refractivity contribution >= 4 is 11.3 Å². The number of H-pyrrole nitrogens is 1. The van der Waals surface area contributed by atoms with Crippen molar-refractivity contribution in [2.45, 2.75) is 38.8 Å². The van der Waals surface area contributed by atoms with E-state index in [-0.39, 0.29) is 6.04 Å². The van der Waals surface area contributed by atoms with Crippen molar-refractivity contribution in [3.8, 4) is 0 Å². The largest absolute Gasteiger partial charge is 0.300 e. The van der Waals surface area contributed by atoms with Gasteiger partial charge in [0.25, 0.3) is 0 Å². The van der Waals surface area contributed by atoms with Gasteiger partial charge >= 0.3 is 0 Å². The number of aromatic nitrogens is 2. The van der Waals surface area contributed by atoms with E-state index in [1.54, 1.807) is 17.5 Å². The van der Waals surface area contributed by atoms with Crippen molar-refractivity contribution < 1.29 is 0 Å².